The fourth-order valence-corrected chi connectivity index (χ4v) is 1.80. The molecule has 0 saturated heterocycles. The van der Waals surface area contributed by atoms with E-state index in [4.69, 9.17) is 4.74 Å². The lowest BCUT2D eigenvalue weighted by Gasteiger charge is -2.36. The first kappa shape index (κ1) is 15.4. The Kier molecular flexibility index (Phi) is 4.52. The van der Waals surface area contributed by atoms with Gasteiger partial charge in [-0.05, 0) is 45.5 Å². The molecule has 1 aromatic carbocycles. The summed E-state index contributed by atoms with van der Waals surface area (Å²) in [6.07, 6.45) is 0. The number of likely N-dealkylation sites (N-methyl/N-ethyl adjacent to an activating group) is 1. The van der Waals surface area contributed by atoms with Crippen LogP contribution in [-0.4, -0.2) is 35.7 Å². The molecule has 0 amide bonds. The van der Waals surface area contributed by atoms with Crippen LogP contribution < -0.4 is 4.74 Å². The highest BCUT2D eigenvalue weighted by Gasteiger charge is 2.35. The van der Waals surface area contributed by atoms with Crippen LogP contribution in [0, 0.1) is 5.82 Å². The molecule has 0 aliphatic heterocycles. The highest BCUT2D eigenvalue weighted by atomic mass is 19.1. The number of ether oxygens (including phenoxy) is 1. The van der Waals surface area contributed by atoms with Gasteiger partial charge in [0.25, 0.3) is 0 Å². The summed E-state index contributed by atoms with van der Waals surface area (Å²) >= 11 is 0. The molecule has 19 heavy (non-hydrogen) atoms. The van der Waals surface area contributed by atoms with Gasteiger partial charge in [-0.15, -0.1) is 0 Å². The van der Waals surface area contributed by atoms with E-state index in [0.717, 1.165) is 0 Å². The lowest BCUT2D eigenvalue weighted by Crippen LogP contribution is -2.48. The third kappa shape index (κ3) is 3.04. The second-order valence-electron chi connectivity index (χ2n) is 5.05. The first-order valence-corrected chi connectivity index (χ1v) is 6.01. The number of hydrogen-bond acceptors (Lipinski definition) is 3. The molecule has 0 aromatic heterocycles. The van der Waals surface area contributed by atoms with Gasteiger partial charge in [-0.1, -0.05) is 6.07 Å². The quantitative estimate of drug-likeness (QED) is 0.893. The van der Waals surface area contributed by atoms with Crippen molar-refractivity contribution in [2.45, 2.75) is 32.4 Å². The van der Waals surface area contributed by atoms with Crippen molar-refractivity contribution >= 4 is 5.97 Å². The number of rotatable bonds is 5. The summed E-state index contributed by atoms with van der Waals surface area (Å²) in [5.74, 6) is -1.19. The molecule has 4 nitrogen and oxygen atoms in total. The van der Waals surface area contributed by atoms with Crippen LogP contribution in [0.15, 0.2) is 18.2 Å². The largest absolute Gasteiger partial charge is 0.494 e. The van der Waals surface area contributed by atoms with Gasteiger partial charge in [0.2, 0.25) is 0 Å². The number of nitrogens with zero attached hydrogens (tertiary/aromatic N) is 1. The van der Waals surface area contributed by atoms with Gasteiger partial charge in [0.05, 0.1) is 7.11 Å². The fourth-order valence-electron chi connectivity index (χ4n) is 1.80. The Morgan fingerprint density at radius 1 is 1.47 bits per heavy atom. The van der Waals surface area contributed by atoms with Gasteiger partial charge in [0, 0.05) is 6.04 Å². The zero-order valence-corrected chi connectivity index (χ0v) is 11.9. The minimum absolute atomic E-state index is 0.177. The summed E-state index contributed by atoms with van der Waals surface area (Å²) in [5.41, 5.74) is -0.328. The van der Waals surface area contributed by atoms with E-state index < -0.39 is 17.3 Å². The number of benzene rings is 1. The van der Waals surface area contributed by atoms with Crippen LogP contribution in [-0.2, 0) is 4.79 Å². The summed E-state index contributed by atoms with van der Waals surface area (Å²) in [5, 5.41) is 9.21. The average Bonchev–Trinajstić information content (AvgIpc) is 2.36. The lowest BCUT2D eigenvalue weighted by molar-refractivity contribution is -0.149. The van der Waals surface area contributed by atoms with Gasteiger partial charge in [0.1, 0.15) is 5.54 Å². The van der Waals surface area contributed by atoms with Crippen LogP contribution >= 0.6 is 0 Å². The second kappa shape index (κ2) is 5.57. The normalized spacial score (nSPS) is 13.4. The van der Waals surface area contributed by atoms with E-state index in [9.17, 15) is 14.3 Å². The molecule has 1 rings (SSSR count). The van der Waals surface area contributed by atoms with E-state index in [0.29, 0.717) is 5.56 Å². The van der Waals surface area contributed by atoms with Gasteiger partial charge >= 0.3 is 5.97 Å². The van der Waals surface area contributed by atoms with Crippen molar-refractivity contribution in [3.05, 3.63) is 29.6 Å². The Balaban J connectivity index is 3.03. The van der Waals surface area contributed by atoms with Crippen LogP contribution in [0.25, 0.3) is 0 Å². The second-order valence-corrected chi connectivity index (χ2v) is 5.05. The zero-order chi connectivity index (χ0) is 14.8. The highest BCUT2D eigenvalue weighted by molar-refractivity contribution is 5.77. The molecule has 0 heterocycles. The van der Waals surface area contributed by atoms with Gasteiger partial charge < -0.3 is 9.84 Å². The Morgan fingerprint density at radius 2 is 2.05 bits per heavy atom. The van der Waals surface area contributed by atoms with Crippen molar-refractivity contribution in [1.29, 1.82) is 0 Å². The van der Waals surface area contributed by atoms with Crippen molar-refractivity contribution in [2.75, 3.05) is 14.2 Å². The third-order valence-corrected chi connectivity index (χ3v) is 3.64. The number of carboxylic acid groups (broad SMARTS) is 1. The van der Waals surface area contributed by atoms with E-state index >= 15 is 0 Å². The Morgan fingerprint density at radius 3 is 2.47 bits per heavy atom. The van der Waals surface area contributed by atoms with E-state index in [1.165, 1.54) is 13.2 Å². The number of aliphatic carboxylic acids is 1. The molecule has 0 aliphatic rings. The van der Waals surface area contributed by atoms with Crippen LogP contribution in [0.3, 0.4) is 0 Å². The first-order chi connectivity index (χ1) is 8.71. The predicted molar refractivity (Wildman–Crippen MR) is 70.8 cm³/mol. The van der Waals surface area contributed by atoms with Gasteiger partial charge in [-0.2, -0.15) is 0 Å². The van der Waals surface area contributed by atoms with Gasteiger partial charge in [-0.25, -0.2) is 4.39 Å². The maximum atomic E-state index is 13.7. The summed E-state index contributed by atoms with van der Waals surface area (Å²) in [4.78, 5) is 12.9. The number of halogens is 1. The average molecular weight is 269 g/mol. The Labute approximate surface area is 112 Å². The number of hydrogen-bond donors (Lipinski definition) is 1. The van der Waals surface area contributed by atoms with E-state index in [1.54, 1.807) is 37.9 Å². The lowest BCUT2D eigenvalue weighted by atomic mass is 9.98. The molecule has 0 radical (unpaired) electrons. The molecule has 0 saturated carbocycles. The van der Waals surface area contributed by atoms with Crippen LogP contribution in [0.2, 0.25) is 0 Å². The zero-order valence-electron chi connectivity index (χ0n) is 11.9. The highest BCUT2D eigenvalue weighted by Crippen LogP contribution is 2.29. The number of methoxy groups -OCH3 is 1. The minimum atomic E-state index is -1.03. The predicted octanol–water partition coefficient (Wildman–Crippen LogP) is 2.69. The van der Waals surface area contributed by atoms with Crippen molar-refractivity contribution in [1.82, 2.24) is 4.90 Å². The molecule has 5 heteroatoms. The van der Waals surface area contributed by atoms with Crippen LogP contribution in [0.5, 0.6) is 5.75 Å². The third-order valence-electron chi connectivity index (χ3n) is 3.64. The summed E-state index contributed by atoms with van der Waals surface area (Å²) in [6, 6.07) is 4.42. The maximum Gasteiger partial charge on any atom is 0.323 e. The molecule has 0 bridgehead atoms. The van der Waals surface area contributed by atoms with Crippen molar-refractivity contribution in [2.24, 2.45) is 0 Å². The van der Waals surface area contributed by atoms with Crippen molar-refractivity contribution in [3.63, 3.8) is 0 Å². The topological polar surface area (TPSA) is 49.8 Å². The van der Waals surface area contributed by atoms with E-state index in [2.05, 4.69) is 0 Å². The van der Waals surface area contributed by atoms with Gasteiger partial charge in [0.15, 0.2) is 11.6 Å². The maximum absolute atomic E-state index is 13.7. The number of carbonyl (C=O) groups is 1. The molecule has 1 aromatic rings. The molecule has 0 aliphatic carbocycles. The van der Waals surface area contributed by atoms with E-state index in [1.807, 2.05) is 6.92 Å². The molecule has 1 unspecified atom stereocenters. The van der Waals surface area contributed by atoms with Crippen molar-refractivity contribution < 1.29 is 19.0 Å². The first-order valence-electron chi connectivity index (χ1n) is 6.01. The standard InChI is InChI=1S/C14H20FNO3/c1-9(16(4)14(2,3)13(17)18)10-6-7-12(19-5)11(15)8-10/h6-9H,1-5H3,(H,17,18). The minimum Gasteiger partial charge on any atom is -0.494 e. The molecular weight excluding hydrogens is 249 g/mol. The molecular formula is C14H20FNO3. The van der Waals surface area contributed by atoms with Crippen molar-refractivity contribution in [3.8, 4) is 5.75 Å². The summed E-state index contributed by atoms with van der Waals surface area (Å²) in [7, 11) is 3.11. The monoisotopic (exact) mass is 269 g/mol. The van der Waals surface area contributed by atoms with E-state index in [-0.39, 0.29) is 11.8 Å². The Bertz CT molecular complexity index is 474. The SMILES string of the molecule is COc1ccc(C(C)N(C)C(C)(C)C(=O)O)cc1F. The molecule has 0 fully saturated rings. The Hall–Kier alpha value is -1.62. The summed E-state index contributed by atoms with van der Waals surface area (Å²) in [6.45, 7) is 5.07. The molecule has 0 spiro atoms. The fraction of sp³-hybridized carbons (Fsp3) is 0.500. The molecule has 1 atom stereocenters. The molecule has 106 valence electrons. The van der Waals surface area contributed by atoms with Crippen LogP contribution in [0.1, 0.15) is 32.4 Å². The smallest absolute Gasteiger partial charge is 0.323 e. The van der Waals surface area contributed by atoms with Gasteiger partial charge in [-0.3, -0.25) is 9.69 Å². The van der Waals surface area contributed by atoms with Crippen LogP contribution in [0.4, 0.5) is 4.39 Å². The molecule has 1 N–H and O–H groups in total. The summed E-state index contributed by atoms with van der Waals surface area (Å²) < 4.78 is 18.5. The number of carboxylic acids is 1.